The Morgan fingerprint density at radius 1 is 1.00 bits per heavy atom. The van der Waals surface area contributed by atoms with E-state index in [2.05, 4.69) is 11.1 Å². The summed E-state index contributed by atoms with van der Waals surface area (Å²) in [6.45, 7) is 0. The van der Waals surface area contributed by atoms with Crippen LogP contribution in [0.25, 0.3) is 11.6 Å². The first-order valence-corrected chi connectivity index (χ1v) is 7.66. The average molecular weight is 326 g/mol. The number of nitriles is 1. The van der Waals surface area contributed by atoms with Gasteiger partial charge in [0.25, 0.3) is 0 Å². The van der Waals surface area contributed by atoms with Crippen LogP contribution in [0.5, 0.6) is 5.75 Å². The van der Waals surface area contributed by atoms with E-state index in [0.717, 1.165) is 11.1 Å². The van der Waals surface area contributed by atoms with Gasteiger partial charge in [-0.2, -0.15) is 5.26 Å². The van der Waals surface area contributed by atoms with Crippen LogP contribution >= 0.6 is 0 Å². The Morgan fingerprint density at radius 3 is 2.52 bits per heavy atom. The molecule has 0 aliphatic rings. The van der Waals surface area contributed by atoms with Crippen LogP contribution in [0, 0.1) is 11.3 Å². The number of rotatable bonds is 4. The Hall–Kier alpha value is -3.71. The van der Waals surface area contributed by atoms with Gasteiger partial charge in [0.2, 0.25) is 0 Å². The van der Waals surface area contributed by atoms with E-state index >= 15 is 0 Å². The maximum atomic E-state index is 12.1. The van der Waals surface area contributed by atoms with Crippen molar-refractivity contribution in [2.45, 2.75) is 0 Å². The number of carbonyl (C=O) groups is 1. The summed E-state index contributed by atoms with van der Waals surface area (Å²) >= 11 is 0. The number of pyridine rings is 1. The third kappa shape index (κ3) is 4.18. The molecule has 0 bridgehead atoms. The molecule has 1 aromatic heterocycles. The highest BCUT2D eigenvalue weighted by molar-refractivity contribution is 5.91. The van der Waals surface area contributed by atoms with Crippen molar-refractivity contribution in [2.75, 3.05) is 0 Å². The lowest BCUT2D eigenvalue weighted by molar-refractivity contribution is 0.0734. The zero-order valence-electron chi connectivity index (χ0n) is 13.3. The van der Waals surface area contributed by atoms with Crippen LogP contribution in [0.4, 0.5) is 0 Å². The molecule has 3 aromatic rings. The molecule has 0 N–H and O–H groups in total. The van der Waals surface area contributed by atoms with E-state index in [1.807, 2.05) is 36.4 Å². The molecule has 0 aliphatic carbocycles. The van der Waals surface area contributed by atoms with Gasteiger partial charge in [-0.15, -0.1) is 0 Å². The van der Waals surface area contributed by atoms with Gasteiger partial charge in [-0.1, -0.05) is 42.5 Å². The van der Waals surface area contributed by atoms with Crippen LogP contribution < -0.4 is 4.74 Å². The van der Waals surface area contributed by atoms with E-state index in [1.165, 1.54) is 6.20 Å². The first-order chi connectivity index (χ1) is 12.3. The van der Waals surface area contributed by atoms with E-state index in [4.69, 9.17) is 4.74 Å². The number of hydrogen-bond acceptors (Lipinski definition) is 4. The van der Waals surface area contributed by atoms with Gasteiger partial charge < -0.3 is 4.74 Å². The smallest absolute Gasteiger partial charge is 0.345 e. The summed E-state index contributed by atoms with van der Waals surface area (Å²) in [6, 6.07) is 22.0. The lowest BCUT2D eigenvalue weighted by Crippen LogP contribution is -2.08. The van der Waals surface area contributed by atoms with Crippen LogP contribution in [-0.2, 0) is 0 Å². The van der Waals surface area contributed by atoms with Crippen molar-refractivity contribution < 1.29 is 9.53 Å². The van der Waals surface area contributed by atoms with Gasteiger partial charge in [-0.05, 0) is 41.5 Å². The van der Waals surface area contributed by atoms with Crippen molar-refractivity contribution in [1.82, 2.24) is 4.98 Å². The first kappa shape index (κ1) is 16.2. The molecule has 25 heavy (non-hydrogen) atoms. The van der Waals surface area contributed by atoms with Gasteiger partial charge in [-0.3, -0.25) is 4.98 Å². The van der Waals surface area contributed by atoms with E-state index in [0.29, 0.717) is 16.9 Å². The summed E-state index contributed by atoms with van der Waals surface area (Å²) in [4.78, 5) is 16.0. The van der Waals surface area contributed by atoms with Crippen molar-refractivity contribution in [1.29, 1.82) is 5.26 Å². The number of aromatic nitrogens is 1. The summed E-state index contributed by atoms with van der Waals surface area (Å²) < 4.78 is 5.37. The summed E-state index contributed by atoms with van der Waals surface area (Å²) in [6.07, 6.45) is 4.81. The fraction of sp³-hybridized carbons (Fsp3) is 0. The molecule has 0 amide bonds. The lowest BCUT2D eigenvalue weighted by atomic mass is 10.0. The van der Waals surface area contributed by atoms with Crippen LogP contribution in [0.15, 0.2) is 79.1 Å². The molecule has 0 spiro atoms. The quantitative estimate of drug-likeness (QED) is 0.309. The molecule has 3 rings (SSSR count). The minimum Gasteiger partial charge on any atom is -0.423 e. The second kappa shape index (κ2) is 7.71. The highest BCUT2D eigenvalue weighted by Crippen LogP contribution is 2.21. The Balaban J connectivity index is 1.83. The van der Waals surface area contributed by atoms with E-state index < -0.39 is 5.97 Å². The Labute approximate surface area is 145 Å². The van der Waals surface area contributed by atoms with Gasteiger partial charge in [0.15, 0.2) is 0 Å². The molecule has 0 atom stereocenters. The molecule has 4 heteroatoms. The van der Waals surface area contributed by atoms with Crippen LogP contribution in [0.3, 0.4) is 0 Å². The normalized spacial score (nSPS) is 10.8. The predicted octanol–water partition coefficient (Wildman–Crippen LogP) is 4.36. The predicted molar refractivity (Wildman–Crippen MR) is 95.6 cm³/mol. The van der Waals surface area contributed by atoms with E-state index in [1.54, 1.807) is 42.6 Å². The van der Waals surface area contributed by atoms with E-state index in [-0.39, 0.29) is 0 Å². The number of benzene rings is 2. The molecule has 0 radical (unpaired) electrons. The Bertz CT molecular complexity index is 942. The molecule has 0 saturated carbocycles. The number of nitrogens with zero attached hydrogens (tertiary/aromatic N) is 2. The summed E-state index contributed by atoms with van der Waals surface area (Å²) in [5, 5.41) is 9.39. The molecular weight excluding hydrogens is 312 g/mol. The number of esters is 1. The second-order valence-corrected chi connectivity index (χ2v) is 5.24. The van der Waals surface area contributed by atoms with E-state index in [9.17, 15) is 10.1 Å². The summed E-state index contributed by atoms with van der Waals surface area (Å²) in [5.74, 6) is -0.0641. The number of ether oxygens (including phenoxy) is 1. The molecule has 0 fully saturated rings. The lowest BCUT2D eigenvalue weighted by Gasteiger charge is -2.05. The molecule has 0 saturated heterocycles. The highest BCUT2D eigenvalue weighted by Gasteiger charge is 2.08. The SMILES string of the molecule is N#C/C(=C/c1cccc(OC(=O)c2cccnc2)c1)c1ccccc1. The fourth-order valence-electron chi connectivity index (χ4n) is 2.28. The van der Waals surface area contributed by atoms with Crippen molar-refractivity contribution in [2.24, 2.45) is 0 Å². The van der Waals surface area contributed by atoms with Gasteiger partial charge in [0.05, 0.1) is 17.2 Å². The van der Waals surface area contributed by atoms with Gasteiger partial charge >= 0.3 is 5.97 Å². The maximum absolute atomic E-state index is 12.1. The molecular formula is C21H14N2O2. The molecule has 0 unspecified atom stereocenters. The zero-order valence-corrected chi connectivity index (χ0v) is 13.3. The minimum atomic E-state index is -0.474. The zero-order chi connectivity index (χ0) is 17.5. The van der Waals surface area contributed by atoms with Crippen molar-refractivity contribution in [3.8, 4) is 11.8 Å². The number of hydrogen-bond donors (Lipinski definition) is 0. The largest absolute Gasteiger partial charge is 0.423 e. The van der Waals surface area contributed by atoms with Gasteiger partial charge in [0.1, 0.15) is 5.75 Å². The molecule has 0 aliphatic heterocycles. The van der Waals surface area contributed by atoms with Crippen molar-refractivity contribution in [3.05, 3.63) is 95.8 Å². The first-order valence-electron chi connectivity index (χ1n) is 7.66. The third-order valence-electron chi connectivity index (χ3n) is 3.48. The van der Waals surface area contributed by atoms with Crippen LogP contribution in [-0.4, -0.2) is 11.0 Å². The molecule has 2 aromatic carbocycles. The topological polar surface area (TPSA) is 63.0 Å². The molecule has 1 heterocycles. The standard InChI is InChI=1S/C21H14N2O2/c22-14-19(17-7-2-1-3-8-17)12-16-6-4-10-20(13-16)25-21(24)18-9-5-11-23-15-18/h1-13,15H/b19-12-. The minimum absolute atomic E-state index is 0.380. The van der Waals surface area contributed by atoms with Crippen LogP contribution in [0.1, 0.15) is 21.5 Å². The summed E-state index contributed by atoms with van der Waals surface area (Å²) in [5.41, 5.74) is 2.53. The van der Waals surface area contributed by atoms with Crippen molar-refractivity contribution in [3.63, 3.8) is 0 Å². The van der Waals surface area contributed by atoms with Crippen molar-refractivity contribution >= 4 is 17.6 Å². The number of carbonyl (C=O) groups excluding carboxylic acids is 1. The average Bonchev–Trinajstić information content (AvgIpc) is 2.68. The Kier molecular flexibility index (Phi) is 4.98. The van der Waals surface area contributed by atoms with Crippen LogP contribution in [0.2, 0.25) is 0 Å². The fourth-order valence-corrected chi connectivity index (χ4v) is 2.28. The highest BCUT2D eigenvalue weighted by atomic mass is 16.5. The van der Waals surface area contributed by atoms with Gasteiger partial charge in [0, 0.05) is 12.4 Å². The van der Waals surface area contributed by atoms with Gasteiger partial charge in [-0.25, -0.2) is 4.79 Å². The molecule has 120 valence electrons. The summed E-state index contributed by atoms with van der Waals surface area (Å²) in [7, 11) is 0. The second-order valence-electron chi connectivity index (χ2n) is 5.24. The monoisotopic (exact) mass is 326 g/mol. The molecule has 4 nitrogen and oxygen atoms in total. The third-order valence-corrected chi connectivity index (χ3v) is 3.48. The Morgan fingerprint density at radius 2 is 1.80 bits per heavy atom. The number of allylic oxidation sites excluding steroid dienone is 1. The maximum Gasteiger partial charge on any atom is 0.345 e.